The quantitative estimate of drug-likeness (QED) is 0.112. The maximum absolute atomic E-state index is 15.5. The third kappa shape index (κ3) is 7.22. The Kier molecular flexibility index (Phi) is 10.5. The van der Waals surface area contributed by atoms with Crippen LogP contribution in [0.2, 0.25) is 0 Å². The van der Waals surface area contributed by atoms with Crippen molar-refractivity contribution in [3.8, 4) is 0 Å². The summed E-state index contributed by atoms with van der Waals surface area (Å²) >= 11 is 0. The summed E-state index contributed by atoms with van der Waals surface area (Å²) in [5.74, 6) is -0.159. The van der Waals surface area contributed by atoms with Gasteiger partial charge in [0.2, 0.25) is 0 Å². The molecular formula is C68H46F6N2O2. The van der Waals surface area contributed by atoms with Crippen LogP contribution >= 0.6 is 0 Å². The van der Waals surface area contributed by atoms with Crippen molar-refractivity contribution in [3.63, 3.8) is 0 Å². The van der Waals surface area contributed by atoms with Gasteiger partial charge in [-0.05, 0) is 127 Å². The van der Waals surface area contributed by atoms with Gasteiger partial charge in [0.25, 0.3) is 0 Å². The molecule has 0 saturated carbocycles. The first-order chi connectivity index (χ1) is 37.6. The Labute approximate surface area is 443 Å². The fraction of sp³-hybridized carbons (Fsp3) is 0.118. The van der Waals surface area contributed by atoms with Crippen molar-refractivity contribution in [2.45, 2.75) is 51.9 Å². The van der Waals surface area contributed by atoms with Gasteiger partial charge in [0.15, 0.2) is 11.2 Å². The molecule has 0 bridgehead atoms. The number of rotatable bonds is 8. The highest BCUT2D eigenvalue weighted by Gasteiger charge is 2.37. The van der Waals surface area contributed by atoms with Crippen molar-refractivity contribution < 1.29 is 35.2 Å². The van der Waals surface area contributed by atoms with Crippen LogP contribution in [-0.2, 0) is 12.4 Å². The molecule has 12 aromatic carbocycles. The van der Waals surface area contributed by atoms with Crippen LogP contribution in [-0.4, -0.2) is 0 Å². The molecule has 14 aromatic rings. The molecule has 0 saturated heterocycles. The van der Waals surface area contributed by atoms with E-state index in [9.17, 15) is 0 Å². The van der Waals surface area contributed by atoms with E-state index in [4.69, 9.17) is 8.83 Å². The fourth-order valence-corrected chi connectivity index (χ4v) is 12.3. The van der Waals surface area contributed by atoms with E-state index in [1.54, 1.807) is 36.4 Å². The predicted octanol–water partition coefficient (Wildman–Crippen LogP) is 21.9. The maximum atomic E-state index is 15.5. The average Bonchev–Trinajstić information content (AvgIpc) is 4.11. The monoisotopic (exact) mass is 1040 g/mol. The number of benzene rings is 12. The van der Waals surface area contributed by atoms with Crippen LogP contribution in [0, 0.1) is 0 Å². The van der Waals surface area contributed by atoms with Crippen LogP contribution in [0.3, 0.4) is 0 Å². The van der Waals surface area contributed by atoms with Gasteiger partial charge in [-0.2, -0.15) is 26.3 Å². The van der Waals surface area contributed by atoms with Crippen LogP contribution in [0.5, 0.6) is 0 Å². The number of hydrogen-bond acceptors (Lipinski definition) is 4. The molecule has 78 heavy (non-hydrogen) atoms. The van der Waals surface area contributed by atoms with Crippen LogP contribution in [0.25, 0.3) is 97.7 Å². The van der Waals surface area contributed by atoms with E-state index in [2.05, 4.69) is 64.1 Å². The van der Waals surface area contributed by atoms with E-state index in [0.29, 0.717) is 55.9 Å². The summed E-state index contributed by atoms with van der Waals surface area (Å²) in [5.41, 5.74) is 5.55. The molecule has 14 rings (SSSR count). The van der Waals surface area contributed by atoms with Gasteiger partial charge in [-0.25, -0.2) is 0 Å². The first-order valence-corrected chi connectivity index (χ1v) is 26.0. The number of fused-ring (bicyclic) bond motifs is 8. The van der Waals surface area contributed by atoms with Crippen LogP contribution in [0.1, 0.15) is 61.8 Å². The van der Waals surface area contributed by atoms with Crippen molar-refractivity contribution >= 4 is 132 Å². The van der Waals surface area contributed by atoms with Crippen molar-refractivity contribution in [1.29, 1.82) is 0 Å². The fourth-order valence-electron chi connectivity index (χ4n) is 12.3. The molecule has 10 heteroatoms. The molecule has 2 heterocycles. The number of anilines is 6. The van der Waals surface area contributed by atoms with Crippen molar-refractivity contribution in [3.05, 3.63) is 216 Å². The number of nitrogens with zero attached hydrogens (tertiary/aromatic N) is 2. The van der Waals surface area contributed by atoms with Crippen molar-refractivity contribution in [2.24, 2.45) is 0 Å². The number of alkyl halides is 6. The van der Waals surface area contributed by atoms with Gasteiger partial charge >= 0.3 is 12.4 Å². The van der Waals surface area contributed by atoms with Gasteiger partial charge in [-0.15, -0.1) is 0 Å². The molecule has 0 aliphatic rings. The third-order valence-electron chi connectivity index (χ3n) is 15.7. The Bertz CT molecular complexity index is 4450. The Balaban J connectivity index is 1.13. The first kappa shape index (κ1) is 47.4. The van der Waals surface area contributed by atoms with Gasteiger partial charge in [-0.3, -0.25) is 0 Å². The molecule has 2 aromatic heterocycles. The second kappa shape index (κ2) is 17.2. The van der Waals surface area contributed by atoms with E-state index in [1.165, 1.54) is 24.3 Å². The van der Waals surface area contributed by atoms with Crippen molar-refractivity contribution in [2.75, 3.05) is 9.80 Å². The number of hydrogen-bond donors (Lipinski definition) is 0. The van der Waals surface area contributed by atoms with E-state index in [-0.39, 0.29) is 34.0 Å². The molecule has 0 amide bonds. The van der Waals surface area contributed by atoms with E-state index >= 15 is 26.3 Å². The molecule has 0 N–H and O–H groups in total. The average molecular weight is 1040 g/mol. The highest BCUT2D eigenvalue weighted by molar-refractivity contribution is 6.30. The zero-order valence-electron chi connectivity index (χ0n) is 42.6. The Hall–Kier alpha value is -9.02. The lowest BCUT2D eigenvalue weighted by Gasteiger charge is -2.32. The largest absolute Gasteiger partial charge is 0.454 e. The normalized spacial score (nSPS) is 12.7. The number of furan rings is 2. The minimum Gasteiger partial charge on any atom is -0.454 e. The highest BCUT2D eigenvalue weighted by atomic mass is 19.4. The second-order valence-corrected chi connectivity index (χ2v) is 20.9. The lowest BCUT2D eigenvalue weighted by Crippen LogP contribution is -2.15. The summed E-state index contributed by atoms with van der Waals surface area (Å²) in [4.78, 5) is 3.83. The predicted molar refractivity (Wildman–Crippen MR) is 307 cm³/mol. The standard InChI is InChI=1S/C68H46F6N2O2/c1-37(2)53-35-59(75(41-31-39-15-5-7-17-43(39)55(33-41)67(69,70)71)57-23-13-21-49-45-19-9-11-25-61(45)77-65(49)57)51-30-28-48-54(38(3)4)36-60(52-29-27-47(53)63(51)64(48)52)76(42-32-40-16-6-8-18-44(40)56(34-42)68(72,73)74)58-24-14-22-50-46-20-10-12-26-62(46)78-66(50)58/h5-38H,1-4H3. The zero-order chi connectivity index (χ0) is 53.5. The maximum Gasteiger partial charge on any atom is 0.417 e. The van der Waals surface area contributed by atoms with Crippen LogP contribution < -0.4 is 9.80 Å². The zero-order valence-corrected chi connectivity index (χ0v) is 42.6. The topological polar surface area (TPSA) is 32.8 Å². The lowest BCUT2D eigenvalue weighted by molar-refractivity contribution is -0.137. The summed E-state index contributed by atoms with van der Waals surface area (Å²) in [6, 6.07) is 58.7. The molecular weight excluding hydrogens is 991 g/mol. The minimum absolute atomic E-state index is 0.0795. The van der Waals surface area contributed by atoms with E-state index < -0.39 is 23.5 Å². The van der Waals surface area contributed by atoms with Crippen LogP contribution in [0.15, 0.2) is 203 Å². The van der Waals surface area contributed by atoms with Gasteiger partial charge in [0.05, 0.1) is 33.9 Å². The SMILES string of the molecule is CC(C)c1cc(N(c2cc(C(F)(F)F)c3ccccc3c2)c2cccc3c2oc2ccccc23)c2ccc3c(C(C)C)cc(N(c4cc(C(F)(F)F)c5ccccc5c4)c4cccc5c4oc4ccccc45)c4ccc1c2c34. The Morgan fingerprint density at radius 2 is 0.692 bits per heavy atom. The van der Waals surface area contributed by atoms with E-state index in [1.807, 2.05) is 107 Å². The van der Waals surface area contributed by atoms with Gasteiger partial charge in [-0.1, -0.05) is 161 Å². The Morgan fingerprint density at radius 3 is 1.09 bits per heavy atom. The second-order valence-electron chi connectivity index (χ2n) is 20.9. The molecule has 0 fully saturated rings. The molecule has 4 nitrogen and oxygen atoms in total. The molecule has 0 radical (unpaired) electrons. The lowest BCUT2D eigenvalue weighted by atomic mass is 9.84. The molecule has 382 valence electrons. The minimum atomic E-state index is -4.70. The Morgan fingerprint density at radius 1 is 0.333 bits per heavy atom. The van der Waals surface area contributed by atoms with Crippen LogP contribution in [0.4, 0.5) is 60.5 Å². The van der Waals surface area contributed by atoms with Gasteiger partial charge in [0, 0.05) is 43.7 Å². The summed E-state index contributed by atoms with van der Waals surface area (Å²) in [5, 5.41) is 9.48. The summed E-state index contributed by atoms with van der Waals surface area (Å²) in [6.45, 7) is 8.43. The molecule has 0 aliphatic heterocycles. The summed E-state index contributed by atoms with van der Waals surface area (Å²) < 4.78 is 106. The van der Waals surface area contributed by atoms with Crippen molar-refractivity contribution in [1.82, 2.24) is 0 Å². The smallest absolute Gasteiger partial charge is 0.417 e. The molecule has 0 aliphatic carbocycles. The summed E-state index contributed by atoms with van der Waals surface area (Å²) in [7, 11) is 0. The molecule has 0 unspecified atom stereocenters. The summed E-state index contributed by atoms with van der Waals surface area (Å²) in [6.07, 6.45) is -9.40. The first-order valence-electron chi connectivity index (χ1n) is 26.0. The number of para-hydroxylation sites is 4. The third-order valence-corrected chi connectivity index (χ3v) is 15.7. The van der Waals surface area contributed by atoms with E-state index in [0.717, 1.165) is 65.0 Å². The van der Waals surface area contributed by atoms with Gasteiger partial charge < -0.3 is 18.6 Å². The highest BCUT2D eigenvalue weighted by Crippen LogP contribution is 2.54. The molecule has 0 spiro atoms. The van der Waals surface area contributed by atoms with Gasteiger partial charge in [0.1, 0.15) is 11.2 Å². The number of halogens is 6. The molecule has 0 atom stereocenters.